The molecule has 17 heavy (non-hydrogen) atoms. The third-order valence-electron chi connectivity index (χ3n) is 2.04. The summed E-state index contributed by atoms with van der Waals surface area (Å²) in [4.78, 5) is 5.00. The molecule has 0 unspecified atom stereocenters. The lowest BCUT2D eigenvalue weighted by Gasteiger charge is -2.07. The number of ether oxygens (including phenoxy) is 2. The molecule has 0 bridgehead atoms. The Balaban J connectivity index is 1.92. The van der Waals surface area contributed by atoms with Gasteiger partial charge in [0.15, 0.2) is 12.3 Å². The number of rotatable bonds is 4. The van der Waals surface area contributed by atoms with Gasteiger partial charge in [-0.3, -0.25) is 0 Å². The molecular formula is C12H10N2O3. The van der Waals surface area contributed by atoms with Gasteiger partial charge in [0, 0.05) is 5.56 Å². The van der Waals surface area contributed by atoms with Crippen molar-refractivity contribution in [3.8, 4) is 6.07 Å². The van der Waals surface area contributed by atoms with Crippen LogP contribution in [0.2, 0.25) is 0 Å². The van der Waals surface area contributed by atoms with Crippen LogP contribution < -0.4 is 0 Å². The first-order valence-electron chi connectivity index (χ1n) is 5.01. The molecule has 1 aromatic rings. The van der Waals surface area contributed by atoms with Crippen LogP contribution in [0.3, 0.4) is 0 Å². The highest BCUT2D eigenvalue weighted by molar-refractivity contribution is 6.11. The summed E-state index contributed by atoms with van der Waals surface area (Å²) in [5.41, 5.74) is 0.929. The smallest absolute Gasteiger partial charge is 0.276 e. The van der Waals surface area contributed by atoms with E-state index in [-0.39, 0.29) is 12.3 Å². The van der Waals surface area contributed by atoms with Crippen molar-refractivity contribution in [1.29, 1.82) is 5.26 Å². The lowest BCUT2D eigenvalue weighted by molar-refractivity contribution is -0.0796. The van der Waals surface area contributed by atoms with E-state index in [0.717, 1.165) is 0 Å². The Morgan fingerprint density at radius 1 is 1.29 bits per heavy atom. The summed E-state index contributed by atoms with van der Waals surface area (Å²) in [6, 6.07) is 11.1. The molecule has 1 aliphatic heterocycles. The molecule has 86 valence electrons. The molecule has 0 fully saturated rings. The third-order valence-corrected chi connectivity index (χ3v) is 2.04. The number of hydrogen-bond acceptors (Lipinski definition) is 5. The minimum absolute atomic E-state index is 0.130. The van der Waals surface area contributed by atoms with Gasteiger partial charge in [-0.25, -0.2) is 0 Å². The topological polar surface area (TPSA) is 63.8 Å². The van der Waals surface area contributed by atoms with Gasteiger partial charge in [0.05, 0.1) is 0 Å². The molecule has 5 heteroatoms. The van der Waals surface area contributed by atoms with Crippen LogP contribution in [0.5, 0.6) is 0 Å². The Morgan fingerprint density at radius 3 is 2.65 bits per heavy atom. The average Bonchev–Trinajstić information content (AvgIpc) is 2.89. The number of benzene rings is 1. The summed E-state index contributed by atoms with van der Waals surface area (Å²) in [6.07, 6.45) is 2.37. The average molecular weight is 230 g/mol. The molecule has 0 atom stereocenters. The van der Waals surface area contributed by atoms with Gasteiger partial charge >= 0.3 is 0 Å². The summed E-state index contributed by atoms with van der Waals surface area (Å²) in [5, 5.41) is 12.7. The first-order valence-corrected chi connectivity index (χ1v) is 5.01. The fourth-order valence-corrected chi connectivity index (χ4v) is 1.25. The largest absolute Gasteiger partial charge is 0.456 e. The Morgan fingerprint density at radius 2 is 2.00 bits per heavy atom. The van der Waals surface area contributed by atoms with Crippen LogP contribution in [-0.2, 0) is 14.3 Å². The van der Waals surface area contributed by atoms with Crippen LogP contribution in [0.4, 0.5) is 0 Å². The Bertz CT molecular complexity index is 454. The number of oxime groups is 1. The van der Waals surface area contributed by atoms with E-state index in [1.165, 1.54) is 12.5 Å². The normalized spacial score (nSPS) is 14.9. The van der Waals surface area contributed by atoms with Crippen molar-refractivity contribution >= 4 is 5.71 Å². The molecule has 0 aromatic heterocycles. The van der Waals surface area contributed by atoms with Gasteiger partial charge in [-0.05, 0) is 0 Å². The maximum absolute atomic E-state index is 8.94. The number of nitrogens with zero attached hydrogens (tertiary/aromatic N) is 2. The fourth-order valence-electron chi connectivity index (χ4n) is 1.25. The second-order valence-corrected chi connectivity index (χ2v) is 3.19. The van der Waals surface area contributed by atoms with Crippen LogP contribution >= 0.6 is 0 Å². The van der Waals surface area contributed by atoms with Crippen LogP contribution in [0.1, 0.15) is 5.56 Å². The summed E-state index contributed by atoms with van der Waals surface area (Å²) >= 11 is 0. The van der Waals surface area contributed by atoms with Gasteiger partial charge in [0.2, 0.25) is 0 Å². The molecule has 1 aromatic carbocycles. The molecule has 0 saturated heterocycles. The Kier molecular flexibility index (Phi) is 3.61. The molecule has 0 spiro atoms. The minimum Gasteiger partial charge on any atom is -0.456 e. The predicted molar refractivity (Wildman–Crippen MR) is 59.6 cm³/mol. The van der Waals surface area contributed by atoms with Crippen molar-refractivity contribution in [2.45, 2.75) is 6.29 Å². The Hall–Kier alpha value is -2.48. The standard InChI is InChI=1S/C12H10N2O3/c13-8-11(10-4-2-1-3-5-10)14-17-9-12-15-6-7-16-12/h1-7,12H,9H2. The maximum atomic E-state index is 8.94. The van der Waals surface area contributed by atoms with Crippen molar-refractivity contribution in [2.75, 3.05) is 6.61 Å². The van der Waals surface area contributed by atoms with Gasteiger partial charge in [0.25, 0.3) is 6.29 Å². The molecule has 2 rings (SSSR count). The van der Waals surface area contributed by atoms with E-state index in [9.17, 15) is 0 Å². The van der Waals surface area contributed by atoms with E-state index in [4.69, 9.17) is 19.6 Å². The molecule has 1 aliphatic rings. The molecule has 0 radical (unpaired) electrons. The van der Waals surface area contributed by atoms with Gasteiger partial charge in [0.1, 0.15) is 18.6 Å². The first-order chi connectivity index (χ1) is 8.40. The predicted octanol–water partition coefficient (Wildman–Crippen LogP) is 1.77. The van der Waals surface area contributed by atoms with E-state index in [1.807, 2.05) is 24.3 Å². The van der Waals surface area contributed by atoms with Crippen molar-refractivity contribution in [3.63, 3.8) is 0 Å². The fraction of sp³-hybridized carbons (Fsp3) is 0.167. The van der Waals surface area contributed by atoms with E-state index < -0.39 is 6.29 Å². The second-order valence-electron chi connectivity index (χ2n) is 3.19. The van der Waals surface area contributed by atoms with Crippen molar-refractivity contribution in [1.82, 2.24) is 0 Å². The second kappa shape index (κ2) is 5.56. The maximum Gasteiger partial charge on any atom is 0.276 e. The highest BCUT2D eigenvalue weighted by Gasteiger charge is 2.13. The summed E-state index contributed by atoms with van der Waals surface area (Å²) in [5.74, 6) is 0. The zero-order valence-electron chi connectivity index (χ0n) is 8.95. The Labute approximate surface area is 98.5 Å². The quantitative estimate of drug-likeness (QED) is 0.584. The molecule has 0 amide bonds. The van der Waals surface area contributed by atoms with E-state index in [1.54, 1.807) is 12.1 Å². The molecule has 5 nitrogen and oxygen atoms in total. The highest BCUT2D eigenvalue weighted by Crippen LogP contribution is 2.06. The molecular weight excluding hydrogens is 220 g/mol. The number of nitriles is 1. The number of hydrogen-bond donors (Lipinski definition) is 0. The summed E-state index contributed by atoms with van der Waals surface area (Å²) in [7, 11) is 0. The monoisotopic (exact) mass is 230 g/mol. The highest BCUT2D eigenvalue weighted by atomic mass is 16.7. The lowest BCUT2D eigenvalue weighted by atomic mass is 10.1. The van der Waals surface area contributed by atoms with Crippen molar-refractivity contribution in [3.05, 3.63) is 48.4 Å². The summed E-state index contributed by atoms with van der Waals surface area (Å²) in [6.45, 7) is 0.130. The van der Waals surface area contributed by atoms with E-state index >= 15 is 0 Å². The van der Waals surface area contributed by atoms with Crippen LogP contribution in [-0.4, -0.2) is 18.6 Å². The zero-order chi connectivity index (χ0) is 11.9. The van der Waals surface area contributed by atoms with Crippen LogP contribution in [0.25, 0.3) is 0 Å². The molecule has 0 N–H and O–H groups in total. The van der Waals surface area contributed by atoms with E-state index in [0.29, 0.717) is 5.56 Å². The van der Waals surface area contributed by atoms with Gasteiger partial charge in [-0.15, -0.1) is 0 Å². The molecule has 0 aliphatic carbocycles. The van der Waals surface area contributed by atoms with Crippen molar-refractivity contribution in [2.24, 2.45) is 5.16 Å². The van der Waals surface area contributed by atoms with Gasteiger partial charge in [-0.1, -0.05) is 35.5 Å². The third kappa shape index (κ3) is 2.98. The summed E-state index contributed by atoms with van der Waals surface area (Å²) < 4.78 is 9.99. The van der Waals surface area contributed by atoms with Gasteiger partial charge in [-0.2, -0.15) is 5.26 Å². The van der Waals surface area contributed by atoms with Crippen molar-refractivity contribution < 1.29 is 14.3 Å². The minimum atomic E-state index is -0.491. The SMILES string of the molecule is N#CC(=NOCC1OC=CO1)c1ccccc1. The molecule has 1 heterocycles. The van der Waals surface area contributed by atoms with Crippen LogP contribution in [0, 0.1) is 11.3 Å². The zero-order valence-corrected chi connectivity index (χ0v) is 8.95. The van der Waals surface area contributed by atoms with Gasteiger partial charge < -0.3 is 14.3 Å². The first kappa shape index (κ1) is 11.0. The lowest BCUT2D eigenvalue weighted by Crippen LogP contribution is -2.14. The van der Waals surface area contributed by atoms with E-state index in [2.05, 4.69) is 5.16 Å². The molecule has 0 saturated carbocycles. The van der Waals surface area contributed by atoms with Crippen LogP contribution in [0.15, 0.2) is 48.0 Å².